The van der Waals surface area contributed by atoms with Crippen molar-refractivity contribution < 1.29 is 0 Å². The first-order valence-electron chi connectivity index (χ1n) is 7.56. The SMILES string of the molecule is C=CC(=C)Nc1nc(-c2nc(C)cnc2C)cc2c1C(=C)NC=C2. The fourth-order valence-corrected chi connectivity index (χ4v) is 2.51. The summed E-state index contributed by atoms with van der Waals surface area (Å²) in [6, 6.07) is 2.00. The maximum Gasteiger partial charge on any atom is 0.141 e. The molecular formula is C19H19N5. The van der Waals surface area contributed by atoms with E-state index in [-0.39, 0.29) is 0 Å². The number of rotatable bonds is 4. The van der Waals surface area contributed by atoms with E-state index >= 15 is 0 Å². The number of pyridine rings is 1. The van der Waals surface area contributed by atoms with Gasteiger partial charge in [0.25, 0.3) is 0 Å². The van der Waals surface area contributed by atoms with Gasteiger partial charge >= 0.3 is 0 Å². The zero-order valence-electron chi connectivity index (χ0n) is 13.8. The van der Waals surface area contributed by atoms with Gasteiger partial charge in [0.2, 0.25) is 0 Å². The van der Waals surface area contributed by atoms with Crippen molar-refractivity contribution in [3.8, 4) is 11.4 Å². The largest absolute Gasteiger partial charge is 0.362 e. The minimum absolute atomic E-state index is 0.663. The van der Waals surface area contributed by atoms with Crippen molar-refractivity contribution in [2.75, 3.05) is 5.32 Å². The molecule has 2 aromatic heterocycles. The number of nitrogens with zero attached hydrogens (tertiary/aromatic N) is 3. The summed E-state index contributed by atoms with van der Waals surface area (Å²) < 4.78 is 0. The van der Waals surface area contributed by atoms with Gasteiger partial charge in [-0.2, -0.15) is 0 Å². The van der Waals surface area contributed by atoms with E-state index in [0.29, 0.717) is 11.5 Å². The molecule has 0 fully saturated rings. The number of nitrogens with one attached hydrogen (secondary N) is 2. The Labute approximate surface area is 141 Å². The maximum absolute atomic E-state index is 4.74. The third-order valence-electron chi connectivity index (χ3n) is 3.72. The van der Waals surface area contributed by atoms with E-state index in [9.17, 15) is 0 Å². The van der Waals surface area contributed by atoms with Gasteiger partial charge in [0.1, 0.15) is 11.5 Å². The normalized spacial score (nSPS) is 12.3. The Morgan fingerprint density at radius 2 is 2.08 bits per heavy atom. The van der Waals surface area contributed by atoms with Gasteiger partial charge in [-0.15, -0.1) is 0 Å². The number of aryl methyl sites for hydroxylation is 2. The molecule has 3 rings (SSSR count). The Hall–Kier alpha value is -3.21. The van der Waals surface area contributed by atoms with Crippen LogP contribution in [-0.2, 0) is 0 Å². The van der Waals surface area contributed by atoms with Crippen LogP contribution in [0.2, 0.25) is 0 Å². The number of hydrogen-bond donors (Lipinski definition) is 2. The van der Waals surface area contributed by atoms with E-state index in [1.807, 2.05) is 32.2 Å². The Bertz CT molecular complexity index is 893. The fourth-order valence-electron chi connectivity index (χ4n) is 2.51. The second-order valence-corrected chi connectivity index (χ2v) is 5.58. The van der Waals surface area contributed by atoms with Crippen LogP contribution in [-0.4, -0.2) is 15.0 Å². The van der Waals surface area contributed by atoms with E-state index < -0.39 is 0 Å². The van der Waals surface area contributed by atoms with Gasteiger partial charge in [-0.05, 0) is 37.6 Å². The molecule has 5 nitrogen and oxygen atoms in total. The van der Waals surface area contributed by atoms with Crippen LogP contribution in [0.5, 0.6) is 0 Å². The van der Waals surface area contributed by atoms with Gasteiger partial charge in [0, 0.05) is 29.4 Å². The summed E-state index contributed by atoms with van der Waals surface area (Å²) in [5.41, 5.74) is 6.55. The van der Waals surface area contributed by atoms with Crippen molar-refractivity contribution >= 4 is 17.6 Å². The molecule has 5 heteroatoms. The molecule has 0 bridgehead atoms. The number of allylic oxidation sites excluding steroid dienone is 1. The number of aromatic nitrogens is 3. The summed E-state index contributed by atoms with van der Waals surface area (Å²) in [5.74, 6) is 0.664. The molecule has 0 amide bonds. The zero-order valence-corrected chi connectivity index (χ0v) is 13.8. The molecular weight excluding hydrogens is 298 g/mol. The lowest BCUT2D eigenvalue weighted by Gasteiger charge is -2.20. The molecule has 0 aliphatic carbocycles. The summed E-state index contributed by atoms with van der Waals surface area (Å²) in [7, 11) is 0. The molecule has 0 aromatic carbocycles. The van der Waals surface area contributed by atoms with Crippen LogP contribution in [0.4, 0.5) is 5.82 Å². The van der Waals surface area contributed by atoms with Gasteiger partial charge in [-0.25, -0.2) is 9.97 Å². The van der Waals surface area contributed by atoms with Gasteiger partial charge in [0.15, 0.2) is 0 Å². The lowest BCUT2D eigenvalue weighted by atomic mass is 10.0. The molecule has 24 heavy (non-hydrogen) atoms. The number of anilines is 1. The predicted molar refractivity (Wildman–Crippen MR) is 98.9 cm³/mol. The second-order valence-electron chi connectivity index (χ2n) is 5.58. The highest BCUT2D eigenvalue weighted by molar-refractivity contribution is 5.85. The monoisotopic (exact) mass is 317 g/mol. The Balaban J connectivity index is 2.22. The van der Waals surface area contributed by atoms with Crippen molar-refractivity contribution in [1.82, 2.24) is 20.3 Å². The summed E-state index contributed by atoms with van der Waals surface area (Å²) >= 11 is 0. The topological polar surface area (TPSA) is 62.7 Å². The molecule has 0 spiro atoms. The molecule has 0 radical (unpaired) electrons. The van der Waals surface area contributed by atoms with Crippen LogP contribution >= 0.6 is 0 Å². The van der Waals surface area contributed by atoms with Gasteiger partial charge in [-0.3, -0.25) is 4.98 Å². The first-order valence-corrected chi connectivity index (χ1v) is 7.56. The van der Waals surface area contributed by atoms with Crippen LogP contribution in [0.15, 0.2) is 50.0 Å². The van der Waals surface area contributed by atoms with E-state index in [4.69, 9.17) is 4.98 Å². The highest BCUT2D eigenvalue weighted by atomic mass is 15.0. The molecule has 0 saturated heterocycles. The average Bonchev–Trinajstić information content (AvgIpc) is 2.56. The number of fused-ring (bicyclic) bond motifs is 1. The third kappa shape index (κ3) is 2.84. The van der Waals surface area contributed by atoms with Crippen molar-refractivity contribution in [2.24, 2.45) is 0 Å². The molecule has 0 saturated carbocycles. The Kier molecular flexibility index (Phi) is 4.00. The first-order chi connectivity index (χ1) is 11.5. The van der Waals surface area contributed by atoms with E-state index in [2.05, 4.69) is 40.3 Å². The molecule has 120 valence electrons. The van der Waals surface area contributed by atoms with Crippen molar-refractivity contribution in [2.45, 2.75) is 13.8 Å². The molecule has 1 aliphatic rings. The summed E-state index contributed by atoms with van der Waals surface area (Å²) in [5, 5.41) is 6.30. The van der Waals surface area contributed by atoms with Crippen LogP contribution in [0.3, 0.4) is 0 Å². The zero-order chi connectivity index (χ0) is 17.3. The molecule has 1 aliphatic heterocycles. The van der Waals surface area contributed by atoms with Crippen molar-refractivity contribution in [3.05, 3.63) is 72.5 Å². The Morgan fingerprint density at radius 1 is 1.29 bits per heavy atom. The number of hydrogen-bond acceptors (Lipinski definition) is 5. The smallest absolute Gasteiger partial charge is 0.141 e. The Morgan fingerprint density at radius 3 is 2.83 bits per heavy atom. The van der Waals surface area contributed by atoms with E-state index in [1.54, 1.807) is 12.3 Å². The lowest BCUT2D eigenvalue weighted by molar-refractivity contribution is 1.05. The molecule has 0 atom stereocenters. The summed E-state index contributed by atoms with van der Waals surface area (Å²) in [4.78, 5) is 13.7. The molecule has 0 unspecified atom stereocenters. The average molecular weight is 317 g/mol. The van der Waals surface area contributed by atoms with E-state index in [1.165, 1.54) is 0 Å². The minimum Gasteiger partial charge on any atom is -0.362 e. The van der Waals surface area contributed by atoms with E-state index in [0.717, 1.165) is 39.6 Å². The fraction of sp³-hybridized carbons (Fsp3) is 0.105. The lowest BCUT2D eigenvalue weighted by Crippen LogP contribution is -2.13. The summed E-state index contributed by atoms with van der Waals surface area (Å²) in [6.07, 6.45) is 7.24. The third-order valence-corrected chi connectivity index (χ3v) is 3.72. The standard InChI is InChI=1S/C19H19N5/c1-6-11(2)23-19-17-13(4)20-8-7-15(17)9-16(24-19)18-14(5)21-10-12(3)22-18/h6-10,20H,1-2,4H2,3,5H3,(H,23,24). The molecule has 3 heterocycles. The summed E-state index contributed by atoms with van der Waals surface area (Å²) in [6.45, 7) is 15.5. The van der Waals surface area contributed by atoms with Gasteiger partial charge in [0.05, 0.1) is 17.1 Å². The van der Waals surface area contributed by atoms with Gasteiger partial charge in [-0.1, -0.05) is 19.7 Å². The highest BCUT2D eigenvalue weighted by Crippen LogP contribution is 2.32. The van der Waals surface area contributed by atoms with Crippen LogP contribution in [0.1, 0.15) is 22.5 Å². The van der Waals surface area contributed by atoms with Crippen LogP contribution < -0.4 is 10.6 Å². The van der Waals surface area contributed by atoms with Gasteiger partial charge < -0.3 is 10.6 Å². The molecule has 2 N–H and O–H groups in total. The maximum atomic E-state index is 4.74. The van der Waals surface area contributed by atoms with Crippen molar-refractivity contribution in [3.63, 3.8) is 0 Å². The van der Waals surface area contributed by atoms with Crippen molar-refractivity contribution in [1.29, 1.82) is 0 Å². The highest BCUT2D eigenvalue weighted by Gasteiger charge is 2.19. The predicted octanol–water partition coefficient (Wildman–Crippen LogP) is 3.81. The minimum atomic E-state index is 0.663. The second kappa shape index (κ2) is 6.12. The quantitative estimate of drug-likeness (QED) is 0.840. The van der Waals surface area contributed by atoms with Crippen LogP contribution in [0, 0.1) is 13.8 Å². The first kappa shape index (κ1) is 15.7. The van der Waals surface area contributed by atoms with Crippen LogP contribution in [0.25, 0.3) is 23.2 Å². The molecule has 2 aromatic rings.